The van der Waals surface area contributed by atoms with Crippen LogP contribution in [-0.4, -0.2) is 43.6 Å². The van der Waals surface area contributed by atoms with E-state index < -0.39 is 0 Å². The van der Waals surface area contributed by atoms with Crippen LogP contribution in [0.15, 0.2) is 42.5 Å². The van der Waals surface area contributed by atoms with Crippen LogP contribution >= 0.6 is 0 Å². The van der Waals surface area contributed by atoms with Crippen molar-refractivity contribution in [1.29, 1.82) is 0 Å². The summed E-state index contributed by atoms with van der Waals surface area (Å²) in [6.45, 7) is 1.63. The van der Waals surface area contributed by atoms with Crippen LogP contribution in [0.3, 0.4) is 0 Å². The van der Waals surface area contributed by atoms with E-state index in [1.807, 2.05) is 36.4 Å². The van der Waals surface area contributed by atoms with Crippen LogP contribution in [0.25, 0.3) is 10.8 Å². The Morgan fingerprint density at radius 2 is 1.92 bits per heavy atom. The van der Waals surface area contributed by atoms with Crippen molar-refractivity contribution < 1.29 is 9.53 Å². The molecule has 24 heavy (non-hydrogen) atoms. The molecule has 128 valence electrons. The predicted octanol–water partition coefficient (Wildman–Crippen LogP) is 3.21. The van der Waals surface area contributed by atoms with E-state index in [1.165, 1.54) is 31.1 Å². The third-order valence-electron chi connectivity index (χ3n) is 4.83. The highest BCUT2D eigenvalue weighted by atomic mass is 16.5. The molecule has 1 saturated carbocycles. The summed E-state index contributed by atoms with van der Waals surface area (Å²) in [5.41, 5.74) is 0. The van der Waals surface area contributed by atoms with Crippen LogP contribution in [-0.2, 0) is 4.79 Å². The van der Waals surface area contributed by atoms with E-state index >= 15 is 0 Å². The molecular weight excluding hydrogens is 300 g/mol. The van der Waals surface area contributed by atoms with Gasteiger partial charge in [-0.3, -0.25) is 4.79 Å². The number of hydrogen-bond acceptors (Lipinski definition) is 3. The number of hydrogen-bond donors (Lipinski definition) is 1. The average Bonchev–Trinajstić information content (AvgIpc) is 3.14. The van der Waals surface area contributed by atoms with Gasteiger partial charge in [-0.05, 0) is 42.8 Å². The molecule has 0 bridgehead atoms. The summed E-state index contributed by atoms with van der Waals surface area (Å²) in [6, 6.07) is 14.7. The number of benzene rings is 2. The number of carbonyl (C=O) groups excluding carboxylic acids is 1. The van der Waals surface area contributed by atoms with Gasteiger partial charge >= 0.3 is 0 Å². The molecule has 0 aromatic heterocycles. The summed E-state index contributed by atoms with van der Waals surface area (Å²) < 4.78 is 5.61. The lowest BCUT2D eigenvalue weighted by Gasteiger charge is -2.23. The number of carbonyl (C=O) groups is 1. The van der Waals surface area contributed by atoms with Crippen molar-refractivity contribution >= 4 is 16.7 Å². The Hall–Kier alpha value is -2.07. The number of likely N-dealkylation sites (N-methyl/N-ethyl adjacent to an activating group) is 1. The van der Waals surface area contributed by atoms with Crippen LogP contribution < -0.4 is 10.1 Å². The van der Waals surface area contributed by atoms with Crippen molar-refractivity contribution in [1.82, 2.24) is 10.2 Å². The van der Waals surface area contributed by atoms with Crippen LogP contribution in [0.2, 0.25) is 0 Å². The molecule has 2 aromatic carbocycles. The van der Waals surface area contributed by atoms with Gasteiger partial charge in [0.15, 0.2) is 6.61 Å². The topological polar surface area (TPSA) is 41.6 Å². The molecule has 1 aliphatic carbocycles. The zero-order chi connectivity index (χ0) is 16.8. The maximum absolute atomic E-state index is 11.9. The first-order valence-electron chi connectivity index (χ1n) is 8.81. The molecule has 0 heterocycles. The van der Waals surface area contributed by atoms with Gasteiger partial charge in [0, 0.05) is 19.1 Å². The summed E-state index contributed by atoms with van der Waals surface area (Å²) in [7, 11) is 2.15. The fourth-order valence-corrected chi connectivity index (χ4v) is 3.36. The number of amides is 1. The first-order valence-corrected chi connectivity index (χ1v) is 8.81. The van der Waals surface area contributed by atoms with Gasteiger partial charge in [-0.2, -0.15) is 0 Å². The number of ether oxygens (including phenoxy) is 1. The molecule has 1 amide bonds. The lowest BCUT2D eigenvalue weighted by molar-refractivity contribution is -0.123. The minimum atomic E-state index is -0.0667. The summed E-state index contributed by atoms with van der Waals surface area (Å²) in [5, 5.41) is 5.23. The Morgan fingerprint density at radius 3 is 2.71 bits per heavy atom. The highest BCUT2D eigenvalue weighted by molar-refractivity contribution is 5.84. The molecule has 4 nitrogen and oxygen atoms in total. The SMILES string of the molecule is CN(CCNC(=O)COc1ccc2ccccc2c1)C1CCCC1. The van der Waals surface area contributed by atoms with Crippen molar-refractivity contribution in [2.75, 3.05) is 26.7 Å². The highest BCUT2D eigenvalue weighted by Crippen LogP contribution is 2.22. The van der Waals surface area contributed by atoms with Crippen molar-refractivity contribution in [2.45, 2.75) is 31.7 Å². The van der Waals surface area contributed by atoms with E-state index in [4.69, 9.17) is 4.74 Å². The molecule has 0 aliphatic heterocycles. The number of nitrogens with zero attached hydrogens (tertiary/aromatic N) is 1. The zero-order valence-corrected chi connectivity index (χ0v) is 14.3. The summed E-state index contributed by atoms with van der Waals surface area (Å²) in [6.07, 6.45) is 5.24. The smallest absolute Gasteiger partial charge is 0.257 e. The average molecular weight is 326 g/mol. The Bertz CT molecular complexity index is 680. The largest absolute Gasteiger partial charge is 0.484 e. The second-order valence-corrected chi connectivity index (χ2v) is 6.57. The standard InChI is InChI=1S/C20H26N2O2/c1-22(18-8-4-5-9-18)13-12-21-20(23)15-24-19-11-10-16-6-2-3-7-17(16)14-19/h2-3,6-7,10-11,14,18H,4-5,8-9,12-13,15H2,1H3,(H,21,23). The minimum Gasteiger partial charge on any atom is -0.484 e. The predicted molar refractivity (Wildman–Crippen MR) is 97.3 cm³/mol. The number of fused-ring (bicyclic) bond motifs is 1. The van der Waals surface area contributed by atoms with Gasteiger partial charge in [-0.25, -0.2) is 0 Å². The van der Waals surface area contributed by atoms with Crippen molar-refractivity contribution in [3.05, 3.63) is 42.5 Å². The molecule has 4 heteroatoms. The fourth-order valence-electron chi connectivity index (χ4n) is 3.36. The van der Waals surface area contributed by atoms with Gasteiger partial charge in [0.2, 0.25) is 0 Å². The lowest BCUT2D eigenvalue weighted by Crippen LogP contribution is -2.38. The van der Waals surface area contributed by atoms with Crippen LogP contribution in [0, 0.1) is 0 Å². The second-order valence-electron chi connectivity index (χ2n) is 6.57. The van der Waals surface area contributed by atoms with E-state index in [9.17, 15) is 4.79 Å². The van der Waals surface area contributed by atoms with Gasteiger partial charge < -0.3 is 15.0 Å². The maximum Gasteiger partial charge on any atom is 0.257 e. The van der Waals surface area contributed by atoms with Crippen molar-refractivity contribution in [2.24, 2.45) is 0 Å². The van der Waals surface area contributed by atoms with E-state index in [0.717, 1.165) is 17.7 Å². The van der Waals surface area contributed by atoms with E-state index in [-0.39, 0.29) is 12.5 Å². The lowest BCUT2D eigenvalue weighted by atomic mass is 10.1. The van der Waals surface area contributed by atoms with Crippen LogP contribution in [0.4, 0.5) is 0 Å². The van der Waals surface area contributed by atoms with Gasteiger partial charge in [0.25, 0.3) is 5.91 Å². The van der Waals surface area contributed by atoms with Gasteiger partial charge in [0.05, 0.1) is 0 Å². The molecule has 0 spiro atoms. The normalized spacial score (nSPS) is 15.1. The van der Waals surface area contributed by atoms with Crippen molar-refractivity contribution in [3.8, 4) is 5.75 Å². The van der Waals surface area contributed by atoms with Gasteiger partial charge in [0.1, 0.15) is 5.75 Å². The minimum absolute atomic E-state index is 0.0610. The fraction of sp³-hybridized carbons (Fsp3) is 0.450. The van der Waals surface area contributed by atoms with E-state index in [1.54, 1.807) is 0 Å². The Morgan fingerprint density at radius 1 is 1.17 bits per heavy atom. The quantitative estimate of drug-likeness (QED) is 0.849. The first-order chi connectivity index (χ1) is 11.7. The van der Waals surface area contributed by atoms with Crippen molar-refractivity contribution in [3.63, 3.8) is 0 Å². The van der Waals surface area contributed by atoms with E-state index in [0.29, 0.717) is 12.6 Å². The molecule has 3 rings (SSSR count). The molecule has 0 radical (unpaired) electrons. The molecule has 1 aliphatic rings. The van der Waals surface area contributed by atoms with Crippen LogP contribution in [0.5, 0.6) is 5.75 Å². The Kier molecular flexibility index (Phi) is 5.70. The summed E-state index contributed by atoms with van der Waals surface area (Å²) in [5.74, 6) is 0.662. The third-order valence-corrected chi connectivity index (χ3v) is 4.83. The van der Waals surface area contributed by atoms with Crippen LogP contribution in [0.1, 0.15) is 25.7 Å². The summed E-state index contributed by atoms with van der Waals surface area (Å²) >= 11 is 0. The molecule has 0 unspecified atom stereocenters. The highest BCUT2D eigenvalue weighted by Gasteiger charge is 2.18. The second kappa shape index (κ2) is 8.15. The first kappa shape index (κ1) is 16.8. The van der Waals surface area contributed by atoms with E-state index in [2.05, 4.69) is 23.3 Å². The van der Waals surface area contributed by atoms with Gasteiger partial charge in [-0.15, -0.1) is 0 Å². The molecule has 1 fully saturated rings. The van der Waals surface area contributed by atoms with Gasteiger partial charge in [-0.1, -0.05) is 43.2 Å². The Balaban J connectivity index is 1.39. The third kappa shape index (κ3) is 4.48. The molecule has 2 aromatic rings. The molecule has 0 atom stereocenters. The molecular formula is C20H26N2O2. The molecule has 1 N–H and O–H groups in total. The summed E-state index contributed by atoms with van der Waals surface area (Å²) in [4.78, 5) is 14.3. The number of nitrogens with one attached hydrogen (secondary N) is 1. The number of rotatable bonds is 7. The Labute approximate surface area is 143 Å². The zero-order valence-electron chi connectivity index (χ0n) is 14.3. The maximum atomic E-state index is 11.9. The monoisotopic (exact) mass is 326 g/mol. The molecule has 0 saturated heterocycles.